The third kappa shape index (κ3) is 3.54. The first-order valence-electron chi connectivity index (χ1n) is 5.78. The second kappa shape index (κ2) is 5.65. The summed E-state index contributed by atoms with van der Waals surface area (Å²) in [5.74, 6) is -0.183. The molecule has 4 heteroatoms. The summed E-state index contributed by atoms with van der Waals surface area (Å²) in [6.07, 6.45) is 0.999. The summed E-state index contributed by atoms with van der Waals surface area (Å²) in [6.45, 7) is 4.19. The Morgan fingerprint density at radius 1 is 1.53 bits per heavy atom. The van der Waals surface area contributed by atoms with Crippen LogP contribution in [0, 0.1) is 0 Å². The lowest BCUT2D eigenvalue weighted by Crippen LogP contribution is -2.24. The van der Waals surface area contributed by atoms with Gasteiger partial charge in [0.05, 0.1) is 0 Å². The summed E-state index contributed by atoms with van der Waals surface area (Å²) < 4.78 is 6.35. The van der Waals surface area contributed by atoms with E-state index < -0.39 is 0 Å². The van der Waals surface area contributed by atoms with Crippen molar-refractivity contribution in [3.05, 3.63) is 34.3 Å². The van der Waals surface area contributed by atoms with Gasteiger partial charge in [-0.05, 0) is 18.1 Å². The lowest BCUT2D eigenvalue weighted by Gasteiger charge is -2.16. The van der Waals surface area contributed by atoms with Crippen LogP contribution in [-0.4, -0.2) is 30.1 Å². The maximum absolute atomic E-state index is 10.9. The zero-order chi connectivity index (χ0) is 12.3. The molecule has 0 spiro atoms. The quantitative estimate of drug-likeness (QED) is 0.803. The zero-order valence-corrected chi connectivity index (χ0v) is 11.4. The third-order valence-electron chi connectivity index (χ3n) is 2.91. The van der Waals surface area contributed by atoms with E-state index in [1.165, 1.54) is 12.5 Å². The molecular weight excluding hydrogens is 282 g/mol. The molecule has 3 nitrogen and oxygen atoms in total. The molecule has 1 aliphatic heterocycles. The largest absolute Gasteiger partial charge is 0.461 e. The van der Waals surface area contributed by atoms with Gasteiger partial charge in [-0.15, -0.1) is 0 Å². The first-order valence-corrected chi connectivity index (χ1v) is 6.57. The van der Waals surface area contributed by atoms with Gasteiger partial charge in [-0.25, -0.2) is 0 Å². The fourth-order valence-corrected chi connectivity index (χ4v) is 2.55. The van der Waals surface area contributed by atoms with Crippen molar-refractivity contribution < 1.29 is 9.53 Å². The van der Waals surface area contributed by atoms with E-state index >= 15 is 0 Å². The normalized spacial score (nSPS) is 20.5. The van der Waals surface area contributed by atoms with Crippen molar-refractivity contribution in [1.29, 1.82) is 0 Å². The molecule has 0 N–H and O–H groups in total. The van der Waals surface area contributed by atoms with Crippen LogP contribution in [0.3, 0.4) is 0 Å². The van der Waals surface area contributed by atoms with E-state index in [0.717, 1.165) is 30.5 Å². The molecule has 2 rings (SSSR count). The molecule has 92 valence electrons. The van der Waals surface area contributed by atoms with Crippen molar-refractivity contribution in [3.63, 3.8) is 0 Å². The van der Waals surface area contributed by atoms with Gasteiger partial charge < -0.3 is 4.74 Å². The van der Waals surface area contributed by atoms with Crippen LogP contribution < -0.4 is 0 Å². The van der Waals surface area contributed by atoms with Gasteiger partial charge in [-0.2, -0.15) is 0 Å². The van der Waals surface area contributed by atoms with E-state index in [1.54, 1.807) is 0 Å². The Balaban J connectivity index is 1.90. The number of ether oxygens (including phenoxy) is 1. The van der Waals surface area contributed by atoms with Crippen molar-refractivity contribution >= 4 is 21.9 Å². The van der Waals surface area contributed by atoms with Crippen LogP contribution in [-0.2, 0) is 16.1 Å². The minimum Gasteiger partial charge on any atom is -0.461 e. The maximum atomic E-state index is 10.9. The molecule has 1 saturated heterocycles. The van der Waals surface area contributed by atoms with Crippen molar-refractivity contribution in [2.75, 3.05) is 13.1 Å². The minimum absolute atomic E-state index is 0.0648. The number of benzene rings is 1. The van der Waals surface area contributed by atoms with Crippen LogP contribution in [0.2, 0.25) is 0 Å². The van der Waals surface area contributed by atoms with Crippen LogP contribution in [0.15, 0.2) is 28.7 Å². The maximum Gasteiger partial charge on any atom is 0.302 e. The van der Waals surface area contributed by atoms with Crippen LogP contribution in [0.5, 0.6) is 0 Å². The summed E-state index contributed by atoms with van der Waals surface area (Å²) in [5, 5.41) is 0. The average molecular weight is 298 g/mol. The first-order chi connectivity index (χ1) is 8.15. The van der Waals surface area contributed by atoms with Crippen molar-refractivity contribution in [2.45, 2.75) is 26.0 Å². The summed E-state index contributed by atoms with van der Waals surface area (Å²) in [6, 6.07) is 8.22. The number of halogens is 1. The van der Waals surface area contributed by atoms with Crippen LogP contribution in [0.25, 0.3) is 0 Å². The lowest BCUT2D eigenvalue weighted by atomic mass is 10.2. The number of hydrogen-bond acceptors (Lipinski definition) is 3. The number of likely N-dealkylation sites (tertiary alicyclic amines) is 1. The molecule has 1 heterocycles. The second-order valence-corrected chi connectivity index (χ2v) is 5.20. The topological polar surface area (TPSA) is 29.5 Å². The minimum atomic E-state index is -0.183. The van der Waals surface area contributed by atoms with E-state index in [1.807, 2.05) is 12.1 Å². The van der Waals surface area contributed by atoms with Gasteiger partial charge in [0.2, 0.25) is 0 Å². The van der Waals surface area contributed by atoms with E-state index in [-0.39, 0.29) is 12.1 Å². The molecule has 0 aliphatic carbocycles. The average Bonchev–Trinajstić information content (AvgIpc) is 2.68. The van der Waals surface area contributed by atoms with E-state index in [4.69, 9.17) is 4.74 Å². The predicted octanol–water partition coefficient (Wildman–Crippen LogP) is 2.59. The fraction of sp³-hybridized carbons (Fsp3) is 0.462. The van der Waals surface area contributed by atoms with Gasteiger partial charge in [-0.3, -0.25) is 9.69 Å². The van der Waals surface area contributed by atoms with E-state index in [2.05, 4.69) is 33.0 Å². The lowest BCUT2D eigenvalue weighted by molar-refractivity contribution is -0.145. The Morgan fingerprint density at radius 2 is 2.29 bits per heavy atom. The number of carbonyl (C=O) groups is 1. The molecule has 0 radical (unpaired) electrons. The van der Waals surface area contributed by atoms with Crippen molar-refractivity contribution in [3.8, 4) is 0 Å². The van der Waals surface area contributed by atoms with Crippen LogP contribution in [0.4, 0.5) is 0 Å². The highest BCUT2D eigenvalue weighted by molar-refractivity contribution is 9.10. The highest BCUT2D eigenvalue weighted by Gasteiger charge is 2.24. The summed E-state index contributed by atoms with van der Waals surface area (Å²) in [4.78, 5) is 13.2. The number of nitrogens with zero attached hydrogens (tertiary/aromatic N) is 1. The molecule has 1 atom stereocenters. The zero-order valence-electron chi connectivity index (χ0n) is 9.86. The summed E-state index contributed by atoms with van der Waals surface area (Å²) >= 11 is 3.55. The highest BCUT2D eigenvalue weighted by Crippen LogP contribution is 2.21. The highest BCUT2D eigenvalue weighted by atomic mass is 79.9. The molecule has 0 amide bonds. The Kier molecular flexibility index (Phi) is 4.18. The molecule has 1 aromatic carbocycles. The molecule has 17 heavy (non-hydrogen) atoms. The SMILES string of the molecule is CC(=O)OC1CCN(Cc2ccccc2Br)C1. The molecule has 1 fully saturated rings. The van der Waals surface area contributed by atoms with Gasteiger partial charge >= 0.3 is 5.97 Å². The van der Waals surface area contributed by atoms with Crippen molar-refractivity contribution in [1.82, 2.24) is 4.90 Å². The summed E-state index contributed by atoms with van der Waals surface area (Å²) in [5.41, 5.74) is 1.27. The molecule has 0 bridgehead atoms. The number of hydrogen-bond donors (Lipinski definition) is 0. The van der Waals surface area contributed by atoms with Gasteiger partial charge in [0.25, 0.3) is 0 Å². The predicted molar refractivity (Wildman–Crippen MR) is 69.6 cm³/mol. The van der Waals surface area contributed by atoms with Gasteiger partial charge in [0, 0.05) is 31.0 Å². The number of carbonyl (C=O) groups excluding carboxylic acids is 1. The Bertz CT molecular complexity index is 408. The van der Waals surface area contributed by atoms with Gasteiger partial charge in [0.15, 0.2) is 0 Å². The van der Waals surface area contributed by atoms with Crippen LogP contribution >= 0.6 is 15.9 Å². The molecule has 0 saturated carbocycles. The fourth-order valence-electron chi connectivity index (χ4n) is 2.14. The second-order valence-electron chi connectivity index (χ2n) is 4.35. The number of esters is 1. The monoisotopic (exact) mass is 297 g/mol. The molecule has 1 aromatic rings. The number of rotatable bonds is 3. The molecule has 1 unspecified atom stereocenters. The van der Waals surface area contributed by atoms with E-state index in [9.17, 15) is 4.79 Å². The first kappa shape index (κ1) is 12.6. The smallest absolute Gasteiger partial charge is 0.302 e. The van der Waals surface area contributed by atoms with Crippen LogP contribution in [0.1, 0.15) is 18.9 Å². The Labute approximate surface area is 110 Å². The molecule has 1 aliphatic rings. The van der Waals surface area contributed by atoms with E-state index in [0.29, 0.717) is 0 Å². The standard InChI is InChI=1S/C13H16BrNO2/c1-10(16)17-12-6-7-15(9-12)8-11-4-2-3-5-13(11)14/h2-5,12H,6-9H2,1H3. The molecular formula is C13H16BrNO2. The Morgan fingerprint density at radius 3 is 3.00 bits per heavy atom. The molecule has 0 aromatic heterocycles. The third-order valence-corrected chi connectivity index (χ3v) is 3.69. The summed E-state index contributed by atoms with van der Waals surface area (Å²) in [7, 11) is 0. The van der Waals surface area contributed by atoms with Gasteiger partial charge in [0.1, 0.15) is 6.10 Å². The van der Waals surface area contributed by atoms with Crippen molar-refractivity contribution in [2.24, 2.45) is 0 Å². The Hall–Kier alpha value is -0.870. The van der Waals surface area contributed by atoms with Gasteiger partial charge in [-0.1, -0.05) is 34.1 Å².